The van der Waals surface area contributed by atoms with Crippen LogP contribution in [-0.4, -0.2) is 26.7 Å². The summed E-state index contributed by atoms with van der Waals surface area (Å²) in [6.07, 6.45) is 1.15. The fourth-order valence-corrected chi connectivity index (χ4v) is 2.33. The molecule has 0 bridgehead atoms. The van der Waals surface area contributed by atoms with Crippen LogP contribution in [0.3, 0.4) is 0 Å². The molecule has 0 spiro atoms. The first-order valence-corrected chi connectivity index (χ1v) is 6.19. The van der Waals surface area contributed by atoms with Gasteiger partial charge in [-0.2, -0.15) is 0 Å². The lowest BCUT2D eigenvalue weighted by Crippen LogP contribution is -2.03. The first kappa shape index (κ1) is 11.2. The molecule has 5 nitrogen and oxygen atoms in total. The summed E-state index contributed by atoms with van der Waals surface area (Å²) in [7, 11) is 0. The van der Waals surface area contributed by atoms with E-state index in [0.717, 1.165) is 18.0 Å². The Kier molecular flexibility index (Phi) is 3.62. The Balaban J connectivity index is 2.21. The van der Waals surface area contributed by atoms with Gasteiger partial charge in [0.25, 0.3) is 0 Å². The van der Waals surface area contributed by atoms with Crippen LogP contribution in [0.4, 0.5) is 10.3 Å². The fraction of sp³-hybridized carbons (Fsp3) is 0.250. The number of hydrogen-bond acceptors (Lipinski definition) is 7. The summed E-state index contributed by atoms with van der Waals surface area (Å²) >= 11 is 2.48. The molecule has 0 fully saturated rings. The SMILES string of the molecule is CCNc1ncc(F)c(Sc2nncs2)n1. The minimum absolute atomic E-state index is 0.253. The largest absolute Gasteiger partial charge is 0.354 e. The highest BCUT2D eigenvalue weighted by molar-refractivity contribution is 8.00. The Morgan fingerprint density at radius 2 is 2.44 bits per heavy atom. The van der Waals surface area contributed by atoms with E-state index in [-0.39, 0.29) is 5.03 Å². The van der Waals surface area contributed by atoms with Gasteiger partial charge in [-0.3, -0.25) is 0 Å². The summed E-state index contributed by atoms with van der Waals surface area (Å²) in [6, 6.07) is 0. The van der Waals surface area contributed by atoms with E-state index in [1.165, 1.54) is 11.3 Å². The molecule has 16 heavy (non-hydrogen) atoms. The van der Waals surface area contributed by atoms with Gasteiger partial charge in [-0.05, 0) is 18.7 Å². The third-order valence-electron chi connectivity index (χ3n) is 1.57. The molecule has 2 heterocycles. The van der Waals surface area contributed by atoms with Crippen molar-refractivity contribution in [3.05, 3.63) is 17.5 Å². The molecule has 8 heteroatoms. The molecule has 0 saturated heterocycles. The molecule has 0 atom stereocenters. The van der Waals surface area contributed by atoms with Crippen molar-refractivity contribution >= 4 is 29.0 Å². The van der Waals surface area contributed by atoms with Gasteiger partial charge in [-0.15, -0.1) is 10.2 Å². The van der Waals surface area contributed by atoms with Gasteiger partial charge in [0.1, 0.15) is 10.5 Å². The number of anilines is 1. The predicted molar refractivity (Wildman–Crippen MR) is 60.2 cm³/mol. The molecule has 1 N–H and O–H groups in total. The van der Waals surface area contributed by atoms with Crippen molar-refractivity contribution in [1.82, 2.24) is 20.2 Å². The lowest BCUT2D eigenvalue weighted by Gasteiger charge is -2.03. The molecule has 2 rings (SSSR count). The molecule has 0 aliphatic rings. The van der Waals surface area contributed by atoms with Crippen LogP contribution in [0, 0.1) is 5.82 Å². The normalized spacial score (nSPS) is 10.4. The fourth-order valence-electron chi connectivity index (χ4n) is 0.956. The van der Waals surface area contributed by atoms with Crippen LogP contribution in [0.2, 0.25) is 0 Å². The molecule has 0 radical (unpaired) electrons. The van der Waals surface area contributed by atoms with Gasteiger partial charge in [0.05, 0.1) is 6.20 Å². The molecule has 0 aliphatic heterocycles. The number of aromatic nitrogens is 4. The molecule has 0 aromatic carbocycles. The number of rotatable bonds is 4. The Morgan fingerprint density at radius 1 is 1.56 bits per heavy atom. The van der Waals surface area contributed by atoms with Gasteiger partial charge in [-0.1, -0.05) is 11.3 Å². The van der Waals surface area contributed by atoms with E-state index in [4.69, 9.17) is 0 Å². The summed E-state index contributed by atoms with van der Waals surface area (Å²) in [5, 5.41) is 10.7. The Hall–Kier alpha value is -1.28. The maximum atomic E-state index is 13.4. The second-order valence-corrected chi connectivity index (χ2v) is 4.75. The van der Waals surface area contributed by atoms with Crippen LogP contribution >= 0.6 is 23.1 Å². The molecule has 0 amide bonds. The first-order chi connectivity index (χ1) is 7.79. The quantitative estimate of drug-likeness (QED) is 0.846. The van der Waals surface area contributed by atoms with Gasteiger partial charge in [0.2, 0.25) is 5.95 Å². The van der Waals surface area contributed by atoms with Crippen molar-refractivity contribution in [1.29, 1.82) is 0 Å². The summed E-state index contributed by atoms with van der Waals surface area (Å²) < 4.78 is 14.0. The zero-order valence-electron chi connectivity index (χ0n) is 8.35. The monoisotopic (exact) mass is 257 g/mol. The summed E-state index contributed by atoms with van der Waals surface area (Å²) in [5.74, 6) is -0.0437. The van der Waals surface area contributed by atoms with E-state index >= 15 is 0 Å². The molecule has 0 unspecified atom stereocenters. The van der Waals surface area contributed by atoms with Crippen molar-refractivity contribution in [2.24, 2.45) is 0 Å². The van der Waals surface area contributed by atoms with Crippen LogP contribution in [0.15, 0.2) is 21.1 Å². The van der Waals surface area contributed by atoms with Crippen LogP contribution in [0.25, 0.3) is 0 Å². The average molecular weight is 257 g/mol. The van der Waals surface area contributed by atoms with Crippen LogP contribution in [-0.2, 0) is 0 Å². The molecular formula is C8H8FN5S2. The predicted octanol–water partition coefficient (Wildman–Crippen LogP) is 2.05. The first-order valence-electron chi connectivity index (χ1n) is 4.50. The second-order valence-electron chi connectivity index (χ2n) is 2.68. The average Bonchev–Trinajstić information content (AvgIpc) is 2.76. The van der Waals surface area contributed by atoms with Crippen molar-refractivity contribution in [2.75, 3.05) is 11.9 Å². The van der Waals surface area contributed by atoms with Gasteiger partial charge in [0.15, 0.2) is 10.2 Å². The Morgan fingerprint density at radius 3 is 3.12 bits per heavy atom. The Bertz CT molecular complexity index is 461. The summed E-state index contributed by atoms with van der Waals surface area (Å²) in [5.41, 5.74) is 1.59. The number of nitrogens with zero attached hydrogens (tertiary/aromatic N) is 4. The molecule has 2 aromatic heterocycles. The highest BCUT2D eigenvalue weighted by Gasteiger charge is 2.10. The van der Waals surface area contributed by atoms with E-state index in [9.17, 15) is 4.39 Å². The number of nitrogens with one attached hydrogen (secondary N) is 1. The van der Waals surface area contributed by atoms with E-state index < -0.39 is 5.82 Å². The Labute approximate surface area is 99.5 Å². The van der Waals surface area contributed by atoms with Crippen molar-refractivity contribution < 1.29 is 4.39 Å². The van der Waals surface area contributed by atoms with Crippen LogP contribution < -0.4 is 5.32 Å². The molecule has 2 aromatic rings. The molecule has 84 valence electrons. The topological polar surface area (TPSA) is 63.6 Å². The van der Waals surface area contributed by atoms with Crippen molar-refractivity contribution in [3.8, 4) is 0 Å². The van der Waals surface area contributed by atoms with Gasteiger partial charge in [-0.25, -0.2) is 14.4 Å². The van der Waals surface area contributed by atoms with Gasteiger partial charge >= 0.3 is 0 Å². The van der Waals surface area contributed by atoms with Gasteiger partial charge in [0, 0.05) is 6.54 Å². The van der Waals surface area contributed by atoms with Crippen molar-refractivity contribution in [2.45, 2.75) is 16.3 Å². The molecule has 0 saturated carbocycles. The van der Waals surface area contributed by atoms with E-state index in [1.807, 2.05) is 6.92 Å². The number of halogens is 1. The third kappa shape index (κ3) is 2.64. The van der Waals surface area contributed by atoms with E-state index in [1.54, 1.807) is 5.51 Å². The maximum absolute atomic E-state index is 13.4. The summed E-state index contributed by atoms with van der Waals surface area (Å²) in [6.45, 7) is 2.61. The minimum Gasteiger partial charge on any atom is -0.354 e. The standard InChI is InChI=1S/C8H8FN5S2/c1-2-10-7-11-3-5(9)6(13-7)16-8-14-12-4-15-8/h3-4H,2H2,1H3,(H,10,11,13). The van der Waals surface area contributed by atoms with E-state index in [2.05, 4.69) is 25.5 Å². The van der Waals surface area contributed by atoms with Gasteiger partial charge < -0.3 is 5.32 Å². The minimum atomic E-state index is -0.457. The maximum Gasteiger partial charge on any atom is 0.223 e. The smallest absolute Gasteiger partial charge is 0.223 e. The van der Waals surface area contributed by atoms with E-state index in [0.29, 0.717) is 16.8 Å². The van der Waals surface area contributed by atoms with Crippen LogP contribution in [0.5, 0.6) is 0 Å². The third-order valence-corrected chi connectivity index (χ3v) is 3.33. The second kappa shape index (κ2) is 5.17. The highest BCUT2D eigenvalue weighted by atomic mass is 32.2. The van der Waals surface area contributed by atoms with Crippen molar-refractivity contribution in [3.63, 3.8) is 0 Å². The lowest BCUT2D eigenvalue weighted by atomic mass is 10.6. The lowest BCUT2D eigenvalue weighted by molar-refractivity contribution is 0.580. The number of hydrogen-bond donors (Lipinski definition) is 1. The summed E-state index contributed by atoms with van der Waals surface area (Å²) in [4.78, 5) is 7.86. The molecular weight excluding hydrogens is 249 g/mol. The molecule has 0 aliphatic carbocycles. The zero-order valence-corrected chi connectivity index (χ0v) is 9.98. The van der Waals surface area contributed by atoms with Crippen LogP contribution in [0.1, 0.15) is 6.92 Å². The zero-order chi connectivity index (χ0) is 11.4. The highest BCUT2D eigenvalue weighted by Crippen LogP contribution is 2.29.